The van der Waals surface area contributed by atoms with Gasteiger partial charge in [0.25, 0.3) is 0 Å². The van der Waals surface area contributed by atoms with Gasteiger partial charge in [-0.1, -0.05) is 0 Å². The van der Waals surface area contributed by atoms with Crippen molar-refractivity contribution in [3.63, 3.8) is 0 Å². The molecule has 0 spiro atoms. The standard InChI is InChI=1S/C9H10N2O2/c1-13-8(12)9-2-5-4-10-11-7(5)6(9)3-9/h4,6H,2-3H2,1H3,(H,10,11)/t6-,9-/m0/s1. The Labute approximate surface area is 75.3 Å². The zero-order chi connectivity index (χ0) is 9.05. The van der Waals surface area contributed by atoms with Crippen LogP contribution in [-0.4, -0.2) is 23.3 Å². The van der Waals surface area contributed by atoms with Crippen molar-refractivity contribution in [3.8, 4) is 0 Å². The van der Waals surface area contributed by atoms with Crippen LogP contribution in [0.4, 0.5) is 0 Å². The smallest absolute Gasteiger partial charge is 0.312 e. The quantitative estimate of drug-likeness (QED) is 0.641. The minimum absolute atomic E-state index is 0.0675. The maximum atomic E-state index is 11.5. The molecule has 1 saturated carbocycles. The lowest BCUT2D eigenvalue weighted by atomic mass is 10.0. The highest BCUT2D eigenvalue weighted by Crippen LogP contribution is 2.66. The van der Waals surface area contributed by atoms with Gasteiger partial charge in [0.1, 0.15) is 0 Å². The molecule has 0 unspecified atom stereocenters. The normalized spacial score (nSPS) is 33.8. The molecule has 3 rings (SSSR count). The van der Waals surface area contributed by atoms with Gasteiger partial charge in [-0.05, 0) is 18.4 Å². The van der Waals surface area contributed by atoms with Crippen molar-refractivity contribution in [1.82, 2.24) is 10.2 Å². The number of hydrogen-bond donors (Lipinski definition) is 1. The Morgan fingerprint density at radius 1 is 1.85 bits per heavy atom. The molecule has 1 aromatic heterocycles. The van der Waals surface area contributed by atoms with Crippen LogP contribution in [0.2, 0.25) is 0 Å². The minimum Gasteiger partial charge on any atom is -0.469 e. The number of ether oxygens (including phenoxy) is 1. The number of nitrogens with zero attached hydrogens (tertiary/aromatic N) is 1. The molecule has 0 amide bonds. The molecular weight excluding hydrogens is 168 g/mol. The van der Waals surface area contributed by atoms with E-state index in [1.807, 2.05) is 6.20 Å². The largest absolute Gasteiger partial charge is 0.469 e. The van der Waals surface area contributed by atoms with Crippen LogP contribution in [0, 0.1) is 5.41 Å². The van der Waals surface area contributed by atoms with Crippen molar-refractivity contribution in [1.29, 1.82) is 0 Å². The topological polar surface area (TPSA) is 55.0 Å². The van der Waals surface area contributed by atoms with Crippen molar-refractivity contribution in [3.05, 3.63) is 17.5 Å². The molecule has 2 atom stereocenters. The second-order valence-electron chi connectivity index (χ2n) is 3.89. The first kappa shape index (κ1) is 7.12. The third-order valence-electron chi connectivity index (χ3n) is 3.27. The number of aromatic amines is 1. The molecule has 68 valence electrons. The molecule has 1 aromatic rings. The van der Waals surface area contributed by atoms with Crippen molar-refractivity contribution >= 4 is 5.97 Å². The fourth-order valence-electron chi connectivity index (χ4n) is 2.48. The Hall–Kier alpha value is -1.32. The number of hydrogen-bond acceptors (Lipinski definition) is 3. The second-order valence-corrected chi connectivity index (χ2v) is 3.89. The summed E-state index contributed by atoms with van der Waals surface area (Å²) in [6, 6.07) is 0. The van der Waals surface area contributed by atoms with Crippen LogP contribution in [0.5, 0.6) is 0 Å². The highest BCUT2D eigenvalue weighted by atomic mass is 16.5. The molecule has 2 aliphatic rings. The van der Waals surface area contributed by atoms with Gasteiger partial charge in [-0.2, -0.15) is 5.10 Å². The lowest BCUT2D eigenvalue weighted by Gasteiger charge is -2.07. The molecular formula is C9H10N2O2. The van der Waals surface area contributed by atoms with E-state index in [1.165, 1.54) is 12.7 Å². The summed E-state index contributed by atoms with van der Waals surface area (Å²) in [5.74, 6) is 0.277. The Morgan fingerprint density at radius 3 is 3.38 bits per heavy atom. The zero-order valence-electron chi connectivity index (χ0n) is 7.33. The van der Waals surface area contributed by atoms with Crippen molar-refractivity contribution in [2.24, 2.45) is 5.41 Å². The summed E-state index contributed by atoms with van der Waals surface area (Å²) >= 11 is 0. The van der Waals surface area contributed by atoms with E-state index in [-0.39, 0.29) is 11.4 Å². The Kier molecular flexibility index (Phi) is 1.07. The molecule has 0 radical (unpaired) electrons. The number of nitrogens with one attached hydrogen (secondary N) is 1. The SMILES string of the molecule is COC(=O)[C@]12Cc3cn[nH]c3[C@@H]1C2. The van der Waals surface area contributed by atoms with Crippen molar-refractivity contribution in [2.75, 3.05) is 7.11 Å². The van der Waals surface area contributed by atoms with Gasteiger partial charge in [0.2, 0.25) is 0 Å². The predicted molar refractivity (Wildman–Crippen MR) is 44.1 cm³/mol. The van der Waals surface area contributed by atoms with Crippen molar-refractivity contribution in [2.45, 2.75) is 18.8 Å². The van der Waals surface area contributed by atoms with Gasteiger partial charge >= 0.3 is 5.97 Å². The number of esters is 1. The number of aromatic nitrogens is 2. The molecule has 4 heteroatoms. The molecule has 0 bridgehead atoms. The predicted octanol–water partition coefficient (Wildman–Crippen LogP) is 0.612. The number of methoxy groups -OCH3 is 1. The summed E-state index contributed by atoms with van der Waals surface area (Å²) in [4.78, 5) is 11.5. The van der Waals surface area contributed by atoms with Gasteiger partial charge in [-0.15, -0.1) is 0 Å². The van der Waals surface area contributed by atoms with Gasteiger partial charge in [0.15, 0.2) is 0 Å². The van der Waals surface area contributed by atoms with Gasteiger partial charge in [0, 0.05) is 11.6 Å². The van der Waals surface area contributed by atoms with Crippen LogP contribution < -0.4 is 0 Å². The third-order valence-corrected chi connectivity index (χ3v) is 3.27. The van der Waals surface area contributed by atoms with Crippen LogP contribution in [0.25, 0.3) is 0 Å². The molecule has 0 saturated heterocycles. The Balaban J connectivity index is 1.98. The summed E-state index contributed by atoms with van der Waals surface area (Å²) in [7, 11) is 1.46. The van der Waals surface area contributed by atoms with Gasteiger partial charge < -0.3 is 4.74 Å². The average molecular weight is 178 g/mol. The van der Waals surface area contributed by atoms with E-state index in [9.17, 15) is 4.79 Å². The fraction of sp³-hybridized carbons (Fsp3) is 0.556. The Bertz CT molecular complexity index is 385. The van der Waals surface area contributed by atoms with Gasteiger partial charge in [0.05, 0.1) is 18.7 Å². The average Bonchev–Trinajstić information content (AvgIpc) is 2.57. The molecule has 1 fully saturated rings. The molecule has 13 heavy (non-hydrogen) atoms. The second kappa shape index (κ2) is 1.95. The summed E-state index contributed by atoms with van der Waals surface area (Å²) in [6.07, 6.45) is 3.54. The lowest BCUT2D eigenvalue weighted by molar-refractivity contribution is -0.147. The number of carbonyl (C=O) groups excluding carboxylic acids is 1. The van der Waals surface area contributed by atoms with Crippen molar-refractivity contribution < 1.29 is 9.53 Å². The lowest BCUT2D eigenvalue weighted by Crippen LogP contribution is -2.18. The number of H-pyrrole nitrogens is 1. The van der Waals surface area contributed by atoms with Crippen LogP contribution in [0.3, 0.4) is 0 Å². The van der Waals surface area contributed by atoms with Gasteiger partial charge in [-0.25, -0.2) is 0 Å². The summed E-state index contributed by atoms with van der Waals surface area (Å²) in [5.41, 5.74) is 2.10. The summed E-state index contributed by atoms with van der Waals surface area (Å²) < 4.78 is 4.81. The molecule has 1 N–H and O–H groups in total. The molecule has 2 aliphatic carbocycles. The molecule has 1 heterocycles. The van der Waals surface area contributed by atoms with E-state index in [2.05, 4.69) is 10.2 Å². The van der Waals surface area contributed by atoms with E-state index in [0.717, 1.165) is 18.5 Å². The van der Waals surface area contributed by atoms with E-state index in [0.29, 0.717) is 5.92 Å². The first-order valence-electron chi connectivity index (χ1n) is 4.38. The van der Waals surface area contributed by atoms with Crippen LogP contribution in [-0.2, 0) is 16.0 Å². The number of carbonyl (C=O) groups is 1. The summed E-state index contributed by atoms with van der Waals surface area (Å²) in [5, 5.41) is 6.92. The maximum Gasteiger partial charge on any atom is 0.312 e. The molecule has 4 nitrogen and oxygen atoms in total. The van der Waals surface area contributed by atoms with Crippen LogP contribution in [0.15, 0.2) is 6.20 Å². The monoisotopic (exact) mass is 178 g/mol. The van der Waals surface area contributed by atoms with Gasteiger partial charge in [-0.3, -0.25) is 9.89 Å². The van der Waals surface area contributed by atoms with E-state index in [1.54, 1.807) is 0 Å². The Morgan fingerprint density at radius 2 is 2.69 bits per heavy atom. The molecule has 0 aromatic carbocycles. The van der Waals surface area contributed by atoms with E-state index >= 15 is 0 Å². The number of fused-ring (bicyclic) bond motifs is 3. The minimum atomic E-state index is -0.223. The third kappa shape index (κ3) is 0.669. The fourth-order valence-corrected chi connectivity index (χ4v) is 2.48. The van der Waals surface area contributed by atoms with Crippen LogP contribution in [0.1, 0.15) is 23.6 Å². The zero-order valence-corrected chi connectivity index (χ0v) is 7.33. The first-order valence-corrected chi connectivity index (χ1v) is 4.38. The first-order chi connectivity index (χ1) is 6.28. The highest BCUT2D eigenvalue weighted by molar-refractivity contribution is 5.84. The molecule has 0 aliphatic heterocycles. The van der Waals surface area contributed by atoms with Crippen LogP contribution >= 0.6 is 0 Å². The van der Waals surface area contributed by atoms with E-state index < -0.39 is 0 Å². The maximum absolute atomic E-state index is 11.5. The number of rotatable bonds is 1. The van der Waals surface area contributed by atoms with E-state index in [4.69, 9.17) is 4.74 Å². The summed E-state index contributed by atoms with van der Waals surface area (Å²) in [6.45, 7) is 0. The highest BCUT2D eigenvalue weighted by Gasteiger charge is 2.66.